The molecule has 0 fully saturated rings. The van der Waals surface area contributed by atoms with Crippen molar-refractivity contribution in [2.24, 2.45) is 0 Å². The van der Waals surface area contributed by atoms with Crippen LogP contribution in [0.2, 0.25) is 0 Å². The van der Waals surface area contributed by atoms with E-state index in [2.05, 4.69) is 11.1 Å². The maximum atomic E-state index is 11.3. The zero-order valence-corrected chi connectivity index (χ0v) is 10.4. The number of fused-ring (bicyclic) bond motifs is 1. The summed E-state index contributed by atoms with van der Waals surface area (Å²) in [5, 5.41) is 9.28. The minimum absolute atomic E-state index is 0.249. The number of aryl methyl sites for hydroxylation is 1. The number of aromatic nitrogens is 1. The summed E-state index contributed by atoms with van der Waals surface area (Å²) >= 11 is 0. The lowest BCUT2D eigenvalue weighted by Crippen LogP contribution is -2.27. The summed E-state index contributed by atoms with van der Waals surface area (Å²) in [6, 6.07) is 11.4. The number of pyridine rings is 1. The molecule has 3 rings (SSSR count). The van der Waals surface area contributed by atoms with Gasteiger partial charge in [0.25, 0.3) is 0 Å². The Morgan fingerprint density at radius 1 is 1.21 bits per heavy atom. The third-order valence-corrected chi connectivity index (χ3v) is 3.38. The molecule has 2 heterocycles. The van der Waals surface area contributed by atoms with Crippen molar-refractivity contribution in [2.45, 2.75) is 12.8 Å². The van der Waals surface area contributed by atoms with Gasteiger partial charge in [0, 0.05) is 18.4 Å². The van der Waals surface area contributed by atoms with Crippen LogP contribution in [0.4, 0.5) is 11.5 Å². The van der Waals surface area contributed by atoms with Gasteiger partial charge in [0.15, 0.2) is 0 Å². The Labute approximate surface area is 111 Å². The van der Waals surface area contributed by atoms with Crippen LogP contribution in [-0.4, -0.2) is 22.6 Å². The predicted octanol–water partition coefficient (Wildman–Crippen LogP) is 2.86. The van der Waals surface area contributed by atoms with Gasteiger partial charge >= 0.3 is 5.97 Å². The number of nitrogens with zero attached hydrogens (tertiary/aromatic N) is 2. The van der Waals surface area contributed by atoms with Gasteiger partial charge in [-0.1, -0.05) is 18.2 Å². The Hall–Kier alpha value is -2.36. The van der Waals surface area contributed by atoms with E-state index >= 15 is 0 Å². The fourth-order valence-corrected chi connectivity index (χ4v) is 2.53. The minimum atomic E-state index is -0.939. The van der Waals surface area contributed by atoms with Gasteiger partial charge in [-0.25, -0.2) is 9.78 Å². The van der Waals surface area contributed by atoms with Crippen molar-refractivity contribution < 1.29 is 9.90 Å². The molecule has 1 aliphatic rings. The van der Waals surface area contributed by atoms with Gasteiger partial charge in [0.1, 0.15) is 11.4 Å². The number of hydrogen-bond donors (Lipinski definition) is 1. The largest absolute Gasteiger partial charge is 0.478 e. The molecule has 0 saturated heterocycles. The van der Waals surface area contributed by atoms with Gasteiger partial charge < -0.3 is 10.0 Å². The molecule has 1 aromatic heterocycles. The molecule has 0 saturated carbocycles. The average Bonchev–Trinajstić information content (AvgIpc) is 2.46. The first kappa shape index (κ1) is 11.7. The molecular weight excluding hydrogens is 240 g/mol. The molecule has 0 bridgehead atoms. The smallest absolute Gasteiger partial charge is 0.339 e. The highest BCUT2D eigenvalue weighted by molar-refractivity contribution is 5.94. The van der Waals surface area contributed by atoms with E-state index in [0.29, 0.717) is 5.82 Å². The first-order valence-electron chi connectivity index (χ1n) is 6.31. The summed E-state index contributed by atoms with van der Waals surface area (Å²) in [5.41, 5.74) is 2.56. The second kappa shape index (κ2) is 4.72. The van der Waals surface area contributed by atoms with Gasteiger partial charge in [-0.15, -0.1) is 0 Å². The van der Waals surface area contributed by atoms with Gasteiger partial charge in [-0.05, 0) is 36.6 Å². The van der Waals surface area contributed by atoms with Crippen LogP contribution in [0.1, 0.15) is 22.3 Å². The normalized spacial score (nSPS) is 14.0. The Morgan fingerprint density at radius 2 is 2.05 bits per heavy atom. The van der Waals surface area contributed by atoms with Crippen LogP contribution in [0.15, 0.2) is 42.6 Å². The number of carboxylic acid groups (broad SMARTS) is 1. The van der Waals surface area contributed by atoms with E-state index in [0.717, 1.165) is 25.1 Å². The quantitative estimate of drug-likeness (QED) is 0.895. The SMILES string of the molecule is O=C(O)c1cccnc1N1CCCc2ccccc21. The van der Waals surface area contributed by atoms with Crippen LogP contribution >= 0.6 is 0 Å². The molecule has 1 N–H and O–H groups in total. The van der Waals surface area contributed by atoms with Gasteiger partial charge in [-0.3, -0.25) is 0 Å². The maximum absolute atomic E-state index is 11.3. The molecule has 96 valence electrons. The second-order valence-electron chi connectivity index (χ2n) is 4.56. The molecule has 2 aromatic rings. The van der Waals surface area contributed by atoms with Crippen molar-refractivity contribution in [2.75, 3.05) is 11.4 Å². The lowest BCUT2D eigenvalue weighted by Gasteiger charge is -2.31. The third-order valence-electron chi connectivity index (χ3n) is 3.38. The van der Waals surface area contributed by atoms with E-state index < -0.39 is 5.97 Å². The average molecular weight is 254 g/mol. The Bertz CT molecular complexity index is 625. The molecular formula is C15H14N2O2. The van der Waals surface area contributed by atoms with Crippen molar-refractivity contribution in [3.8, 4) is 0 Å². The van der Waals surface area contributed by atoms with Crippen molar-refractivity contribution >= 4 is 17.5 Å². The number of carbonyl (C=O) groups is 1. The van der Waals surface area contributed by atoms with Crippen LogP contribution in [-0.2, 0) is 6.42 Å². The lowest BCUT2D eigenvalue weighted by atomic mass is 10.0. The van der Waals surface area contributed by atoms with Crippen LogP contribution in [0.5, 0.6) is 0 Å². The zero-order chi connectivity index (χ0) is 13.2. The summed E-state index contributed by atoms with van der Waals surface area (Å²) in [4.78, 5) is 17.6. The molecule has 1 aliphatic heterocycles. The van der Waals surface area contributed by atoms with Gasteiger partial charge in [0.2, 0.25) is 0 Å². The van der Waals surface area contributed by atoms with Gasteiger partial charge in [-0.2, -0.15) is 0 Å². The van der Waals surface area contributed by atoms with Crippen molar-refractivity contribution in [1.82, 2.24) is 4.98 Å². The number of aromatic carboxylic acids is 1. The standard InChI is InChI=1S/C15H14N2O2/c18-15(19)12-7-3-9-16-14(12)17-10-4-6-11-5-1-2-8-13(11)17/h1-3,5,7-9H,4,6,10H2,(H,18,19). The summed E-state index contributed by atoms with van der Waals surface area (Å²) < 4.78 is 0. The fourth-order valence-electron chi connectivity index (χ4n) is 2.53. The minimum Gasteiger partial charge on any atom is -0.478 e. The molecule has 0 aliphatic carbocycles. The number of para-hydroxylation sites is 1. The van der Waals surface area contributed by atoms with E-state index in [9.17, 15) is 9.90 Å². The Morgan fingerprint density at radius 3 is 2.89 bits per heavy atom. The second-order valence-corrected chi connectivity index (χ2v) is 4.56. The summed E-state index contributed by atoms with van der Waals surface area (Å²) in [5.74, 6) is -0.409. The predicted molar refractivity (Wildman–Crippen MR) is 73.0 cm³/mol. The molecule has 0 spiro atoms. The number of hydrogen-bond acceptors (Lipinski definition) is 3. The van der Waals surface area contributed by atoms with Crippen LogP contribution < -0.4 is 4.90 Å². The monoisotopic (exact) mass is 254 g/mol. The van der Waals surface area contributed by atoms with E-state index in [4.69, 9.17) is 0 Å². The van der Waals surface area contributed by atoms with Crippen molar-refractivity contribution in [1.29, 1.82) is 0 Å². The Balaban J connectivity index is 2.12. The molecule has 4 heteroatoms. The number of carboxylic acids is 1. The lowest BCUT2D eigenvalue weighted by molar-refractivity contribution is 0.0697. The fraction of sp³-hybridized carbons (Fsp3) is 0.200. The van der Waals surface area contributed by atoms with Gasteiger partial charge in [0.05, 0.1) is 0 Å². The topological polar surface area (TPSA) is 53.4 Å². The summed E-state index contributed by atoms with van der Waals surface area (Å²) in [6.45, 7) is 0.800. The first-order chi connectivity index (χ1) is 9.27. The molecule has 0 radical (unpaired) electrons. The molecule has 0 unspecified atom stereocenters. The number of anilines is 2. The summed E-state index contributed by atoms with van der Waals surface area (Å²) in [6.07, 6.45) is 3.67. The van der Waals surface area contributed by atoms with Crippen molar-refractivity contribution in [3.05, 3.63) is 53.7 Å². The molecule has 1 aromatic carbocycles. The first-order valence-corrected chi connectivity index (χ1v) is 6.31. The van der Waals surface area contributed by atoms with E-state index in [1.807, 2.05) is 23.1 Å². The third kappa shape index (κ3) is 2.05. The highest BCUT2D eigenvalue weighted by atomic mass is 16.4. The van der Waals surface area contributed by atoms with E-state index in [1.54, 1.807) is 18.3 Å². The molecule has 0 atom stereocenters. The molecule has 19 heavy (non-hydrogen) atoms. The van der Waals surface area contributed by atoms with Crippen LogP contribution in [0, 0.1) is 0 Å². The Kier molecular flexibility index (Phi) is 2.91. The van der Waals surface area contributed by atoms with Crippen LogP contribution in [0.25, 0.3) is 0 Å². The zero-order valence-electron chi connectivity index (χ0n) is 10.4. The number of benzene rings is 1. The summed E-state index contributed by atoms with van der Waals surface area (Å²) in [7, 11) is 0. The van der Waals surface area contributed by atoms with Crippen LogP contribution in [0.3, 0.4) is 0 Å². The van der Waals surface area contributed by atoms with E-state index in [1.165, 1.54) is 5.56 Å². The van der Waals surface area contributed by atoms with Crippen molar-refractivity contribution in [3.63, 3.8) is 0 Å². The number of rotatable bonds is 2. The highest BCUT2D eigenvalue weighted by Gasteiger charge is 2.22. The maximum Gasteiger partial charge on any atom is 0.339 e. The molecule has 0 amide bonds. The van der Waals surface area contributed by atoms with E-state index in [-0.39, 0.29) is 5.56 Å². The highest BCUT2D eigenvalue weighted by Crippen LogP contribution is 2.33. The molecule has 4 nitrogen and oxygen atoms in total.